The Morgan fingerprint density at radius 1 is 1.24 bits per heavy atom. The maximum absolute atomic E-state index is 6.02. The van der Waals surface area contributed by atoms with E-state index in [-0.39, 0.29) is 0 Å². The number of anilines is 1. The first kappa shape index (κ1) is 11.8. The largest absolute Gasteiger partial charge is 0.382 e. The molecule has 17 heavy (non-hydrogen) atoms. The van der Waals surface area contributed by atoms with Gasteiger partial charge in [-0.2, -0.15) is 0 Å². The molecule has 2 heterocycles. The highest BCUT2D eigenvalue weighted by atomic mass is 35.5. The van der Waals surface area contributed by atoms with Crippen LogP contribution in [0.25, 0.3) is 0 Å². The monoisotopic (exact) mass is 248 g/mol. The van der Waals surface area contributed by atoms with Gasteiger partial charge in [0, 0.05) is 18.3 Å². The van der Waals surface area contributed by atoms with E-state index >= 15 is 0 Å². The SMILES string of the molecule is CCc1ccc(Cc2ncnc(N)c2Cl)nc1. The molecule has 0 aliphatic heterocycles. The zero-order valence-corrected chi connectivity index (χ0v) is 10.3. The Morgan fingerprint density at radius 3 is 2.71 bits per heavy atom. The van der Waals surface area contributed by atoms with Gasteiger partial charge in [0.15, 0.2) is 0 Å². The van der Waals surface area contributed by atoms with Gasteiger partial charge in [-0.15, -0.1) is 0 Å². The van der Waals surface area contributed by atoms with Crippen molar-refractivity contribution in [1.82, 2.24) is 15.0 Å². The fourth-order valence-electron chi connectivity index (χ4n) is 1.49. The Bertz CT molecular complexity index is 510. The first-order chi connectivity index (χ1) is 8.20. The normalized spacial score (nSPS) is 10.5. The van der Waals surface area contributed by atoms with E-state index in [9.17, 15) is 0 Å². The van der Waals surface area contributed by atoms with Crippen molar-refractivity contribution in [2.24, 2.45) is 0 Å². The number of aromatic nitrogens is 3. The Kier molecular flexibility index (Phi) is 3.54. The van der Waals surface area contributed by atoms with Crippen LogP contribution in [-0.4, -0.2) is 15.0 Å². The average Bonchev–Trinajstić information content (AvgIpc) is 2.36. The number of nitrogen functional groups attached to an aromatic ring is 1. The Hall–Kier alpha value is -1.68. The van der Waals surface area contributed by atoms with E-state index in [0.717, 1.165) is 12.1 Å². The van der Waals surface area contributed by atoms with Crippen LogP contribution in [0.2, 0.25) is 5.02 Å². The van der Waals surface area contributed by atoms with Crippen LogP contribution >= 0.6 is 11.6 Å². The number of hydrogen-bond acceptors (Lipinski definition) is 4. The molecule has 0 atom stereocenters. The summed E-state index contributed by atoms with van der Waals surface area (Å²) in [6.07, 6.45) is 4.83. The average molecular weight is 249 g/mol. The van der Waals surface area contributed by atoms with Crippen molar-refractivity contribution < 1.29 is 0 Å². The minimum absolute atomic E-state index is 0.307. The summed E-state index contributed by atoms with van der Waals surface area (Å²) in [5, 5.41) is 0.411. The molecule has 0 unspecified atom stereocenters. The number of pyridine rings is 1. The van der Waals surface area contributed by atoms with Crippen LogP contribution in [0.15, 0.2) is 24.7 Å². The second-order valence-corrected chi connectivity index (χ2v) is 4.09. The predicted molar refractivity (Wildman–Crippen MR) is 67.9 cm³/mol. The third kappa shape index (κ3) is 2.71. The van der Waals surface area contributed by atoms with Crippen LogP contribution in [0.3, 0.4) is 0 Å². The summed E-state index contributed by atoms with van der Waals surface area (Å²) < 4.78 is 0. The molecular weight excluding hydrogens is 236 g/mol. The highest BCUT2D eigenvalue weighted by Gasteiger charge is 2.07. The summed E-state index contributed by atoms with van der Waals surface area (Å²) in [6, 6.07) is 4.04. The zero-order chi connectivity index (χ0) is 12.3. The topological polar surface area (TPSA) is 64.7 Å². The highest BCUT2D eigenvalue weighted by Crippen LogP contribution is 2.20. The van der Waals surface area contributed by atoms with Gasteiger partial charge in [-0.25, -0.2) is 9.97 Å². The third-order valence-electron chi connectivity index (χ3n) is 2.53. The lowest BCUT2D eigenvalue weighted by molar-refractivity contribution is 0.976. The van der Waals surface area contributed by atoms with Crippen molar-refractivity contribution in [3.63, 3.8) is 0 Å². The van der Waals surface area contributed by atoms with Crippen LogP contribution < -0.4 is 5.73 Å². The maximum atomic E-state index is 6.02. The number of rotatable bonds is 3. The van der Waals surface area contributed by atoms with Gasteiger partial charge in [0.1, 0.15) is 17.2 Å². The van der Waals surface area contributed by atoms with Crippen molar-refractivity contribution in [2.75, 3.05) is 5.73 Å². The van der Waals surface area contributed by atoms with E-state index in [1.165, 1.54) is 11.9 Å². The van der Waals surface area contributed by atoms with E-state index in [0.29, 0.717) is 23.0 Å². The third-order valence-corrected chi connectivity index (χ3v) is 2.94. The van der Waals surface area contributed by atoms with Crippen molar-refractivity contribution in [3.8, 4) is 0 Å². The number of hydrogen-bond donors (Lipinski definition) is 1. The van der Waals surface area contributed by atoms with Gasteiger partial charge in [0.2, 0.25) is 0 Å². The molecule has 0 aromatic carbocycles. The van der Waals surface area contributed by atoms with Crippen LogP contribution in [0, 0.1) is 0 Å². The maximum Gasteiger partial charge on any atom is 0.145 e. The summed E-state index contributed by atoms with van der Waals surface area (Å²) in [5.41, 5.74) is 8.45. The summed E-state index contributed by atoms with van der Waals surface area (Å²) >= 11 is 6.02. The Morgan fingerprint density at radius 2 is 2.06 bits per heavy atom. The molecule has 2 aromatic heterocycles. The lowest BCUT2D eigenvalue weighted by Gasteiger charge is -2.04. The van der Waals surface area contributed by atoms with Crippen molar-refractivity contribution in [1.29, 1.82) is 0 Å². The molecule has 88 valence electrons. The highest BCUT2D eigenvalue weighted by molar-refractivity contribution is 6.33. The number of nitrogens with zero attached hydrogens (tertiary/aromatic N) is 3. The van der Waals surface area contributed by atoms with Crippen molar-refractivity contribution in [3.05, 3.63) is 46.6 Å². The molecule has 0 aliphatic rings. The molecule has 0 amide bonds. The number of halogens is 1. The van der Waals surface area contributed by atoms with Gasteiger partial charge in [-0.1, -0.05) is 24.6 Å². The summed E-state index contributed by atoms with van der Waals surface area (Å²) in [4.78, 5) is 12.3. The molecule has 4 nitrogen and oxygen atoms in total. The fourth-order valence-corrected chi connectivity index (χ4v) is 1.65. The summed E-state index contributed by atoms with van der Waals surface area (Å²) in [7, 11) is 0. The van der Waals surface area contributed by atoms with Crippen LogP contribution in [0.5, 0.6) is 0 Å². The number of aryl methyl sites for hydroxylation is 1. The van der Waals surface area contributed by atoms with Crippen molar-refractivity contribution >= 4 is 17.4 Å². The van der Waals surface area contributed by atoms with Gasteiger partial charge in [-0.05, 0) is 18.1 Å². The molecule has 2 rings (SSSR count). The second kappa shape index (κ2) is 5.10. The molecule has 0 saturated heterocycles. The molecule has 2 N–H and O–H groups in total. The van der Waals surface area contributed by atoms with E-state index in [4.69, 9.17) is 17.3 Å². The van der Waals surface area contributed by atoms with E-state index < -0.39 is 0 Å². The molecule has 0 bridgehead atoms. The quantitative estimate of drug-likeness (QED) is 0.905. The molecule has 0 spiro atoms. The van der Waals surface area contributed by atoms with Crippen LogP contribution in [0.4, 0.5) is 5.82 Å². The smallest absolute Gasteiger partial charge is 0.145 e. The van der Waals surface area contributed by atoms with Gasteiger partial charge in [-0.3, -0.25) is 4.98 Å². The predicted octanol–water partition coefficient (Wildman–Crippen LogP) is 2.26. The molecule has 0 saturated carbocycles. The molecule has 0 radical (unpaired) electrons. The summed E-state index contributed by atoms with van der Waals surface area (Å²) in [5.74, 6) is 0.307. The van der Waals surface area contributed by atoms with Gasteiger partial charge >= 0.3 is 0 Å². The lowest BCUT2D eigenvalue weighted by Crippen LogP contribution is -2.01. The Balaban J connectivity index is 2.22. The first-order valence-electron chi connectivity index (χ1n) is 5.39. The van der Waals surface area contributed by atoms with E-state index in [1.807, 2.05) is 12.3 Å². The lowest BCUT2D eigenvalue weighted by atomic mass is 10.1. The number of nitrogens with two attached hydrogens (primary N) is 1. The minimum atomic E-state index is 0.307. The minimum Gasteiger partial charge on any atom is -0.382 e. The molecule has 0 fully saturated rings. The Labute approximate surface area is 105 Å². The fraction of sp³-hybridized carbons (Fsp3) is 0.250. The molecular formula is C12H13ClN4. The molecule has 0 aliphatic carbocycles. The standard InChI is InChI=1S/C12H13ClN4/c1-2-8-3-4-9(15-6-8)5-10-11(13)12(14)17-7-16-10/h3-4,6-7H,2,5H2,1H3,(H2,14,16,17). The summed E-state index contributed by atoms with van der Waals surface area (Å²) in [6.45, 7) is 2.10. The van der Waals surface area contributed by atoms with Gasteiger partial charge < -0.3 is 5.73 Å². The van der Waals surface area contributed by atoms with E-state index in [1.54, 1.807) is 0 Å². The van der Waals surface area contributed by atoms with Gasteiger partial charge in [0.05, 0.1) is 5.69 Å². The van der Waals surface area contributed by atoms with Crippen LogP contribution in [0.1, 0.15) is 23.9 Å². The molecule has 5 heteroatoms. The van der Waals surface area contributed by atoms with Crippen molar-refractivity contribution in [2.45, 2.75) is 19.8 Å². The van der Waals surface area contributed by atoms with E-state index in [2.05, 4.69) is 27.9 Å². The van der Waals surface area contributed by atoms with Crippen LogP contribution in [-0.2, 0) is 12.8 Å². The first-order valence-corrected chi connectivity index (χ1v) is 5.77. The van der Waals surface area contributed by atoms with Gasteiger partial charge in [0.25, 0.3) is 0 Å². The zero-order valence-electron chi connectivity index (χ0n) is 9.52. The molecule has 2 aromatic rings. The second-order valence-electron chi connectivity index (χ2n) is 3.71.